The zero-order valence-corrected chi connectivity index (χ0v) is 16.3. The monoisotopic (exact) mass is 383 g/mol. The average Bonchev–Trinajstić information content (AvgIpc) is 2.75. The van der Waals surface area contributed by atoms with Gasteiger partial charge in [0, 0.05) is 31.3 Å². The lowest BCUT2D eigenvalue weighted by atomic mass is 9.72. The number of hydrogen-bond donors (Lipinski definition) is 0. The lowest BCUT2D eigenvalue weighted by molar-refractivity contribution is -0.142. The van der Waals surface area contributed by atoms with Crippen molar-refractivity contribution in [2.75, 3.05) is 26.3 Å². The number of amides is 1. The normalized spacial score (nSPS) is 20.4. The molecule has 0 N–H and O–H groups in total. The Balaban J connectivity index is 1.52. The summed E-state index contributed by atoms with van der Waals surface area (Å²) in [5.41, 5.74) is 2.00. The minimum Gasteiger partial charge on any atom is -0.381 e. The van der Waals surface area contributed by atoms with Gasteiger partial charge in [-0.3, -0.25) is 4.79 Å². The number of hydrogen-bond acceptors (Lipinski definition) is 2. The summed E-state index contributed by atoms with van der Waals surface area (Å²) in [5, 5.41) is 0.706. The molecule has 1 amide bonds. The van der Waals surface area contributed by atoms with Crippen molar-refractivity contribution in [3.8, 4) is 0 Å². The number of nitrogens with zero attached hydrogens (tertiary/aromatic N) is 1. The van der Waals surface area contributed by atoms with Crippen molar-refractivity contribution in [2.45, 2.75) is 37.0 Å². The molecule has 0 unspecified atom stereocenters. The molecular weight excluding hydrogens is 358 g/mol. The minimum atomic E-state index is -0.470. The van der Waals surface area contributed by atoms with Crippen molar-refractivity contribution in [1.29, 1.82) is 0 Å². The minimum absolute atomic E-state index is 0.264. The highest BCUT2D eigenvalue weighted by Crippen LogP contribution is 2.39. The van der Waals surface area contributed by atoms with Crippen LogP contribution >= 0.6 is 11.6 Å². The Bertz CT molecular complexity index is 761. The van der Waals surface area contributed by atoms with Gasteiger partial charge >= 0.3 is 0 Å². The highest BCUT2D eigenvalue weighted by Gasteiger charge is 2.44. The van der Waals surface area contributed by atoms with Gasteiger partial charge < -0.3 is 9.64 Å². The van der Waals surface area contributed by atoms with Crippen LogP contribution in [0.25, 0.3) is 0 Å². The van der Waals surface area contributed by atoms with Gasteiger partial charge in [0.05, 0.1) is 5.41 Å². The van der Waals surface area contributed by atoms with E-state index in [2.05, 4.69) is 35.2 Å². The third-order valence-corrected chi connectivity index (χ3v) is 6.46. The van der Waals surface area contributed by atoms with Gasteiger partial charge in [0.2, 0.25) is 5.91 Å². The van der Waals surface area contributed by atoms with Crippen LogP contribution in [0.3, 0.4) is 0 Å². The van der Waals surface area contributed by atoms with Crippen molar-refractivity contribution in [2.24, 2.45) is 0 Å². The molecule has 2 fully saturated rings. The van der Waals surface area contributed by atoms with Gasteiger partial charge in [-0.25, -0.2) is 0 Å². The van der Waals surface area contributed by atoms with Gasteiger partial charge in [0.15, 0.2) is 0 Å². The molecule has 2 aliphatic rings. The van der Waals surface area contributed by atoms with Gasteiger partial charge in [-0.15, -0.1) is 0 Å². The van der Waals surface area contributed by atoms with E-state index in [-0.39, 0.29) is 5.91 Å². The van der Waals surface area contributed by atoms with Gasteiger partial charge in [0.25, 0.3) is 0 Å². The van der Waals surface area contributed by atoms with Crippen molar-refractivity contribution < 1.29 is 9.53 Å². The maximum Gasteiger partial charge on any atom is 0.233 e. The number of carbonyl (C=O) groups excluding carboxylic acids is 1. The van der Waals surface area contributed by atoms with E-state index in [9.17, 15) is 4.79 Å². The van der Waals surface area contributed by atoms with Crippen molar-refractivity contribution in [3.05, 3.63) is 70.7 Å². The average molecular weight is 384 g/mol. The van der Waals surface area contributed by atoms with Crippen LogP contribution in [0.15, 0.2) is 54.6 Å². The maximum absolute atomic E-state index is 13.6. The summed E-state index contributed by atoms with van der Waals surface area (Å²) in [6.45, 7) is 2.92. The Hall–Kier alpha value is -1.84. The molecule has 0 atom stereocenters. The summed E-state index contributed by atoms with van der Waals surface area (Å²) >= 11 is 6.08. The summed E-state index contributed by atoms with van der Waals surface area (Å²) in [6, 6.07) is 18.5. The molecule has 4 rings (SSSR count). The fourth-order valence-electron chi connectivity index (χ4n) is 4.56. The SMILES string of the molecule is O=C(N1CCC(c2ccccc2)CC1)C1(c2ccc(Cl)cc2)CCOCC1. The molecule has 2 aromatic rings. The largest absolute Gasteiger partial charge is 0.381 e. The van der Waals surface area contributed by atoms with Crippen molar-refractivity contribution in [1.82, 2.24) is 4.90 Å². The number of likely N-dealkylation sites (tertiary alicyclic amines) is 1. The molecular formula is C23H26ClNO2. The second-order valence-corrected chi connectivity index (χ2v) is 8.11. The molecule has 2 saturated heterocycles. The number of ether oxygens (including phenoxy) is 1. The summed E-state index contributed by atoms with van der Waals surface area (Å²) in [6.07, 6.45) is 3.55. The van der Waals surface area contributed by atoms with E-state index in [0.717, 1.165) is 44.3 Å². The van der Waals surface area contributed by atoms with Crippen LogP contribution in [0.5, 0.6) is 0 Å². The van der Waals surface area contributed by atoms with Crippen LogP contribution in [0, 0.1) is 0 Å². The van der Waals surface area contributed by atoms with Gasteiger partial charge in [-0.1, -0.05) is 54.1 Å². The second kappa shape index (κ2) is 8.04. The molecule has 3 nitrogen and oxygen atoms in total. The molecule has 0 bridgehead atoms. The first-order chi connectivity index (χ1) is 13.2. The second-order valence-electron chi connectivity index (χ2n) is 7.68. The molecule has 0 spiro atoms. The van der Waals surface area contributed by atoms with Crippen molar-refractivity contribution >= 4 is 17.5 Å². The Morgan fingerprint density at radius 2 is 1.59 bits per heavy atom. The first-order valence-corrected chi connectivity index (χ1v) is 10.2. The third kappa shape index (κ3) is 3.76. The van der Waals surface area contributed by atoms with E-state index >= 15 is 0 Å². The number of carbonyl (C=O) groups is 1. The lowest BCUT2D eigenvalue weighted by Crippen LogP contribution is -2.51. The molecule has 4 heteroatoms. The Labute approximate surface area is 166 Å². The van der Waals surface area contributed by atoms with E-state index in [0.29, 0.717) is 24.2 Å². The topological polar surface area (TPSA) is 29.5 Å². The fraction of sp³-hybridized carbons (Fsp3) is 0.435. The first-order valence-electron chi connectivity index (χ1n) is 9.87. The summed E-state index contributed by atoms with van der Waals surface area (Å²) in [5.74, 6) is 0.816. The van der Waals surface area contributed by atoms with Gasteiger partial charge in [-0.05, 0) is 54.9 Å². The van der Waals surface area contributed by atoms with Crippen LogP contribution in [-0.4, -0.2) is 37.1 Å². The Kier molecular flexibility index (Phi) is 5.51. The molecule has 0 saturated carbocycles. The van der Waals surface area contributed by atoms with Crippen LogP contribution in [-0.2, 0) is 14.9 Å². The molecule has 0 aromatic heterocycles. The fourth-order valence-corrected chi connectivity index (χ4v) is 4.68. The van der Waals surface area contributed by atoms with E-state index in [1.54, 1.807) is 0 Å². The summed E-state index contributed by atoms with van der Waals surface area (Å²) in [7, 11) is 0. The van der Waals surface area contributed by atoms with E-state index in [1.165, 1.54) is 5.56 Å². The quantitative estimate of drug-likeness (QED) is 0.762. The predicted molar refractivity (Wildman–Crippen MR) is 108 cm³/mol. The van der Waals surface area contributed by atoms with Gasteiger partial charge in [-0.2, -0.15) is 0 Å². The highest BCUT2D eigenvalue weighted by atomic mass is 35.5. The van der Waals surface area contributed by atoms with E-state index in [1.807, 2.05) is 24.3 Å². The summed E-state index contributed by atoms with van der Waals surface area (Å²) < 4.78 is 5.59. The molecule has 0 aliphatic carbocycles. The van der Waals surface area contributed by atoms with Crippen LogP contribution < -0.4 is 0 Å². The first kappa shape index (κ1) is 18.5. The maximum atomic E-state index is 13.6. The number of rotatable bonds is 3. The van der Waals surface area contributed by atoms with Gasteiger partial charge in [0.1, 0.15) is 0 Å². The molecule has 27 heavy (non-hydrogen) atoms. The van der Waals surface area contributed by atoms with E-state index in [4.69, 9.17) is 16.3 Å². The molecule has 142 valence electrons. The molecule has 2 aliphatic heterocycles. The zero-order chi connectivity index (χ0) is 18.7. The smallest absolute Gasteiger partial charge is 0.233 e. The Morgan fingerprint density at radius 3 is 2.22 bits per heavy atom. The molecule has 2 aromatic carbocycles. The van der Waals surface area contributed by atoms with Crippen LogP contribution in [0.1, 0.15) is 42.7 Å². The number of piperidine rings is 1. The third-order valence-electron chi connectivity index (χ3n) is 6.21. The Morgan fingerprint density at radius 1 is 0.963 bits per heavy atom. The van der Waals surface area contributed by atoms with E-state index < -0.39 is 5.41 Å². The molecule has 0 radical (unpaired) electrons. The lowest BCUT2D eigenvalue weighted by Gasteiger charge is -2.42. The zero-order valence-electron chi connectivity index (χ0n) is 15.6. The summed E-state index contributed by atoms with van der Waals surface area (Å²) in [4.78, 5) is 15.7. The number of halogens is 1. The van der Waals surface area contributed by atoms with Crippen LogP contribution in [0.2, 0.25) is 5.02 Å². The van der Waals surface area contributed by atoms with Crippen molar-refractivity contribution in [3.63, 3.8) is 0 Å². The predicted octanol–water partition coefficient (Wildman–Crippen LogP) is 4.79. The molecule has 2 heterocycles. The highest BCUT2D eigenvalue weighted by molar-refractivity contribution is 6.30. The van der Waals surface area contributed by atoms with Crippen LogP contribution in [0.4, 0.5) is 0 Å². The standard InChI is InChI=1S/C23H26ClNO2/c24-21-8-6-20(7-9-21)23(12-16-27-17-13-23)22(26)25-14-10-19(11-15-25)18-4-2-1-3-5-18/h1-9,19H,10-17H2. The number of benzene rings is 2.